The van der Waals surface area contributed by atoms with Crippen molar-refractivity contribution in [3.8, 4) is 11.1 Å². The van der Waals surface area contributed by atoms with Gasteiger partial charge in [-0.3, -0.25) is 4.79 Å². The molecule has 0 spiro atoms. The van der Waals surface area contributed by atoms with Crippen LogP contribution < -0.4 is 5.32 Å². The number of carbonyl (C=O) groups is 2. The van der Waals surface area contributed by atoms with Gasteiger partial charge in [-0.1, -0.05) is 47.5 Å². The highest BCUT2D eigenvalue weighted by atomic mass is 32.2. The first-order valence-electron chi connectivity index (χ1n) is 10.2. The summed E-state index contributed by atoms with van der Waals surface area (Å²) in [5.74, 6) is -1.70. The van der Waals surface area contributed by atoms with Crippen molar-refractivity contribution in [1.82, 2.24) is 0 Å². The van der Waals surface area contributed by atoms with Crippen LogP contribution >= 0.6 is 22.7 Å². The van der Waals surface area contributed by atoms with E-state index in [1.54, 1.807) is 36.6 Å². The first-order valence-corrected chi connectivity index (χ1v) is 13.5. The van der Waals surface area contributed by atoms with Gasteiger partial charge in [-0.25, -0.2) is 13.2 Å². The molecule has 0 saturated carbocycles. The van der Waals surface area contributed by atoms with E-state index in [1.165, 1.54) is 5.38 Å². The van der Waals surface area contributed by atoms with E-state index < -0.39 is 21.7 Å². The maximum Gasteiger partial charge on any atom is 0.339 e. The number of carbonyl (C=O) groups excluding carboxylic acids is 1. The second-order valence-corrected chi connectivity index (χ2v) is 11.5. The number of carboxylic acids is 1. The number of thiophene rings is 2. The average molecular weight is 512 g/mol. The normalized spacial score (nSPS) is 11.4. The van der Waals surface area contributed by atoms with E-state index in [-0.39, 0.29) is 25.2 Å². The van der Waals surface area contributed by atoms with Gasteiger partial charge in [0.2, 0.25) is 9.84 Å². The Hall–Kier alpha value is -3.27. The fraction of sp³-hybridized carbons (Fsp3) is 0.120. The molecular weight excluding hydrogens is 490 g/mol. The standard InChI is InChI=1S/C25H21NO5S3/c1-14-4-8-17(9-5-14)19-12-33-24(21(19)25(28)29)26-23(27)22-16(3)20(13-32-22)34(30,31)18-10-6-15(2)7-11-18/h4-13H,1-3H3,(H,26,27)(H,28,29). The van der Waals surface area contributed by atoms with Crippen molar-refractivity contribution in [1.29, 1.82) is 0 Å². The molecule has 2 aromatic carbocycles. The summed E-state index contributed by atoms with van der Waals surface area (Å²) < 4.78 is 26.2. The molecule has 9 heteroatoms. The number of amides is 1. The first-order chi connectivity index (χ1) is 16.1. The molecule has 6 nitrogen and oxygen atoms in total. The van der Waals surface area contributed by atoms with E-state index in [2.05, 4.69) is 5.32 Å². The summed E-state index contributed by atoms with van der Waals surface area (Å²) in [4.78, 5) is 25.5. The number of sulfone groups is 1. The molecule has 2 heterocycles. The molecule has 0 atom stereocenters. The number of benzene rings is 2. The minimum Gasteiger partial charge on any atom is -0.478 e. The Labute approximate surface area is 205 Å². The molecule has 0 aliphatic heterocycles. The second-order valence-electron chi connectivity index (χ2n) is 7.85. The zero-order valence-corrected chi connectivity index (χ0v) is 21.0. The Morgan fingerprint density at radius 2 is 1.44 bits per heavy atom. The smallest absolute Gasteiger partial charge is 0.339 e. The van der Waals surface area contributed by atoms with Gasteiger partial charge in [-0.05, 0) is 44.0 Å². The van der Waals surface area contributed by atoms with E-state index in [1.807, 2.05) is 38.1 Å². The van der Waals surface area contributed by atoms with Crippen LogP contribution in [0, 0.1) is 20.8 Å². The number of aromatic carboxylic acids is 1. The van der Waals surface area contributed by atoms with E-state index in [9.17, 15) is 23.1 Å². The van der Waals surface area contributed by atoms with Crippen LogP contribution in [-0.4, -0.2) is 25.4 Å². The maximum atomic E-state index is 13.1. The van der Waals surface area contributed by atoms with Crippen LogP contribution in [0.3, 0.4) is 0 Å². The zero-order chi connectivity index (χ0) is 24.6. The quantitative estimate of drug-likeness (QED) is 0.322. The van der Waals surface area contributed by atoms with Crippen LogP contribution in [0.1, 0.15) is 36.7 Å². The second kappa shape index (κ2) is 9.17. The van der Waals surface area contributed by atoms with Crippen molar-refractivity contribution in [2.24, 2.45) is 0 Å². The number of hydrogen-bond donors (Lipinski definition) is 2. The predicted octanol–water partition coefficient (Wildman–Crippen LogP) is 6.19. The van der Waals surface area contributed by atoms with E-state index >= 15 is 0 Å². The molecule has 1 amide bonds. The van der Waals surface area contributed by atoms with Gasteiger partial charge < -0.3 is 10.4 Å². The van der Waals surface area contributed by atoms with Crippen LogP contribution in [0.5, 0.6) is 0 Å². The van der Waals surface area contributed by atoms with Crippen LogP contribution in [-0.2, 0) is 9.84 Å². The van der Waals surface area contributed by atoms with Crippen LogP contribution in [0.4, 0.5) is 5.00 Å². The summed E-state index contributed by atoms with van der Waals surface area (Å²) in [6.45, 7) is 5.39. The van der Waals surface area contributed by atoms with Gasteiger partial charge in [-0.15, -0.1) is 22.7 Å². The van der Waals surface area contributed by atoms with E-state index in [4.69, 9.17) is 0 Å². The van der Waals surface area contributed by atoms with Crippen LogP contribution in [0.25, 0.3) is 11.1 Å². The van der Waals surface area contributed by atoms with Crippen LogP contribution in [0.2, 0.25) is 0 Å². The predicted molar refractivity (Wildman–Crippen MR) is 135 cm³/mol. The molecule has 34 heavy (non-hydrogen) atoms. The third-order valence-corrected chi connectivity index (χ3v) is 9.44. The topological polar surface area (TPSA) is 101 Å². The van der Waals surface area contributed by atoms with Gasteiger partial charge in [0.15, 0.2) is 0 Å². The van der Waals surface area contributed by atoms with Gasteiger partial charge in [-0.2, -0.15) is 0 Å². The summed E-state index contributed by atoms with van der Waals surface area (Å²) in [5, 5.41) is 15.8. The van der Waals surface area contributed by atoms with E-state index in [0.717, 1.165) is 39.4 Å². The molecule has 0 radical (unpaired) electrons. The fourth-order valence-electron chi connectivity index (χ4n) is 3.50. The highest BCUT2D eigenvalue weighted by molar-refractivity contribution is 7.91. The van der Waals surface area contributed by atoms with Crippen molar-refractivity contribution < 1.29 is 23.1 Å². The Balaban J connectivity index is 1.66. The summed E-state index contributed by atoms with van der Waals surface area (Å²) >= 11 is 2.13. The molecule has 0 aliphatic carbocycles. The van der Waals surface area contributed by atoms with Crippen molar-refractivity contribution in [3.05, 3.63) is 86.4 Å². The number of hydrogen-bond acceptors (Lipinski definition) is 6. The largest absolute Gasteiger partial charge is 0.478 e. The number of rotatable bonds is 6. The first kappa shape index (κ1) is 23.9. The molecule has 4 rings (SSSR count). The highest BCUT2D eigenvalue weighted by Gasteiger charge is 2.27. The van der Waals surface area contributed by atoms with Gasteiger partial charge in [0.05, 0.1) is 14.7 Å². The highest BCUT2D eigenvalue weighted by Crippen LogP contribution is 2.37. The SMILES string of the molecule is Cc1ccc(-c2csc(NC(=O)c3scc(S(=O)(=O)c4ccc(C)cc4)c3C)c2C(=O)O)cc1. The molecule has 0 aliphatic rings. The lowest BCUT2D eigenvalue weighted by atomic mass is 10.0. The number of carboxylic acid groups (broad SMARTS) is 1. The molecule has 4 aromatic rings. The number of nitrogens with one attached hydrogen (secondary N) is 1. The van der Waals surface area contributed by atoms with E-state index in [0.29, 0.717) is 11.1 Å². The summed E-state index contributed by atoms with van der Waals surface area (Å²) in [6.07, 6.45) is 0. The zero-order valence-electron chi connectivity index (χ0n) is 18.6. The van der Waals surface area contributed by atoms with Crippen molar-refractivity contribution in [3.63, 3.8) is 0 Å². The molecule has 174 valence electrons. The fourth-order valence-corrected chi connectivity index (χ4v) is 7.27. The Morgan fingerprint density at radius 1 is 0.853 bits per heavy atom. The lowest BCUT2D eigenvalue weighted by Gasteiger charge is -2.07. The summed E-state index contributed by atoms with van der Waals surface area (Å²) in [5.41, 5.74) is 3.57. The average Bonchev–Trinajstić information content (AvgIpc) is 3.38. The Bertz CT molecular complexity index is 1500. The molecule has 0 unspecified atom stereocenters. The molecule has 0 saturated heterocycles. The van der Waals surface area contributed by atoms with Crippen LogP contribution in [0.15, 0.2) is 69.1 Å². The Kier molecular flexibility index (Phi) is 6.44. The lowest BCUT2D eigenvalue weighted by molar-refractivity contribution is 0.0699. The number of anilines is 1. The molecule has 0 fully saturated rings. The molecular formula is C25H21NO5S3. The third-order valence-electron chi connectivity index (χ3n) is 5.42. The van der Waals surface area contributed by atoms with Crippen molar-refractivity contribution >= 4 is 49.4 Å². The molecule has 0 bridgehead atoms. The number of aryl methyl sites for hydroxylation is 2. The molecule has 2 N–H and O–H groups in total. The van der Waals surface area contributed by atoms with Crippen molar-refractivity contribution in [2.75, 3.05) is 5.32 Å². The minimum absolute atomic E-state index is 0.00362. The van der Waals surface area contributed by atoms with Crippen molar-refractivity contribution in [2.45, 2.75) is 30.6 Å². The lowest BCUT2D eigenvalue weighted by Crippen LogP contribution is -2.14. The monoisotopic (exact) mass is 511 g/mol. The van der Waals surface area contributed by atoms with Gasteiger partial charge in [0.1, 0.15) is 10.6 Å². The molecule has 2 aromatic heterocycles. The summed E-state index contributed by atoms with van der Waals surface area (Å²) in [7, 11) is -3.79. The van der Waals surface area contributed by atoms with Gasteiger partial charge in [0, 0.05) is 16.3 Å². The maximum absolute atomic E-state index is 13.1. The minimum atomic E-state index is -3.79. The Morgan fingerprint density at radius 3 is 2.03 bits per heavy atom. The van der Waals surface area contributed by atoms with Gasteiger partial charge >= 0.3 is 5.97 Å². The summed E-state index contributed by atoms with van der Waals surface area (Å²) in [6, 6.07) is 14.0. The van der Waals surface area contributed by atoms with Gasteiger partial charge in [0.25, 0.3) is 5.91 Å². The third kappa shape index (κ3) is 4.42.